The summed E-state index contributed by atoms with van der Waals surface area (Å²) in [6.07, 6.45) is 3.43. The predicted molar refractivity (Wildman–Crippen MR) is 82.2 cm³/mol. The summed E-state index contributed by atoms with van der Waals surface area (Å²) in [5.74, 6) is 0.234. The molecule has 1 aromatic carbocycles. The van der Waals surface area contributed by atoms with Crippen LogP contribution in [0, 0.1) is 6.92 Å². The van der Waals surface area contributed by atoms with Gasteiger partial charge in [0.05, 0.1) is 5.69 Å². The molecule has 3 rings (SSSR count). The molecule has 0 saturated carbocycles. The van der Waals surface area contributed by atoms with Crippen molar-refractivity contribution >= 4 is 5.95 Å². The molecule has 0 bridgehead atoms. The van der Waals surface area contributed by atoms with E-state index in [0.29, 0.717) is 0 Å². The van der Waals surface area contributed by atoms with E-state index in [9.17, 15) is 4.79 Å². The molecule has 0 spiro atoms. The number of nitrogen functional groups attached to an aromatic ring is 1. The Kier molecular flexibility index (Phi) is 3.23. The third-order valence-corrected chi connectivity index (χ3v) is 3.21. The van der Waals surface area contributed by atoms with Gasteiger partial charge in [-0.2, -0.15) is 0 Å². The van der Waals surface area contributed by atoms with Crippen molar-refractivity contribution in [2.24, 2.45) is 0 Å². The minimum absolute atomic E-state index is 0.0754. The molecule has 2 heterocycles. The highest BCUT2D eigenvalue weighted by molar-refractivity contribution is 5.66. The van der Waals surface area contributed by atoms with E-state index in [1.54, 1.807) is 23.0 Å². The quantitative estimate of drug-likeness (QED) is 0.779. The molecule has 104 valence electrons. The molecule has 2 N–H and O–H groups in total. The molecule has 0 fully saturated rings. The average Bonchev–Trinajstić information content (AvgIpc) is 2.50. The van der Waals surface area contributed by atoms with Gasteiger partial charge in [0.1, 0.15) is 0 Å². The molecule has 0 aliphatic carbocycles. The zero-order chi connectivity index (χ0) is 14.8. The third kappa shape index (κ3) is 2.53. The lowest BCUT2D eigenvalue weighted by Crippen LogP contribution is -2.15. The molecule has 3 aromatic rings. The summed E-state index contributed by atoms with van der Waals surface area (Å²) < 4.78 is 1.59. The number of hydrogen-bond donors (Lipinski definition) is 1. The summed E-state index contributed by atoms with van der Waals surface area (Å²) >= 11 is 0. The number of hydrogen-bond acceptors (Lipinski definition) is 4. The van der Waals surface area contributed by atoms with E-state index in [0.717, 1.165) is 22.5 Å². The maximum atomic E-state index is 11.9. The highest BCUT2D eigenvalue weighted by Gasteiger charge is 2.07. The number of benzene rings is 1. The van der Waals surface area contributed by atoms with Crippen LogP contribution < -0.4 is 11.3 Å². The Balaban J connectivity index is 2.15. The Labute approximate surface area is 121 Å². The molecule has 0 aliphatic heterocycles. The van der Waals surface area contributed by atoms with Crippen LogP contribution in [0.2, 0.25) is 0 Å². The Morgan fingerprint density at radius 3 is 2.81 bits per heavy atom. The summed E-state index contributed by atoms with van der Waals surface area (Å²) in [6, 6.07) is 12.7. The molecule has 21 heavy (non-hydrogen) atoms. The van der Waals surface area contributed by atoms with Crippen molar-refractivity contribution in [2.45, 2.75) is 6.92 Å². The van der Waals surface area contributed by atoms with E-state index in [4.69, 9.17) is 5.73 Å². The van der Waals surface area contributed by atoms with Gasteiger partial charge >= 0.3 is 0 Å². The van der Waals surface area contributed by atoms with E-state index in [1.807, 2.05) is 37.3 Å². The summed E-state index contributed by atoms with van der Waals surface area (Å²) in [7, 11) is 0. The van der Waals surface area contributed by atoms with Crippen molar-refractivity contribution in [3.05, 3.63) is 70.8 Å². The lowest BCUT2D eigenvalue weighted by atomic mass is 10.1. The summed E-state index contributed by atoms with van der Waals surface area (Å²) in [4.78, 5) is 20.2. The van der Waals surface area contributed by atoms with Gasteiger partial charge in [0, 0.05) is 29.7 Å². The van der Waals surface area contributed by atoms with Gasteiger partial charge in [-0.1, -0.05) is 18.2 Å². The van der Waals surface area contributed by atoms with Gasteiger partial charge in [0.2, 0.25) is 5.95 Å². The van der Waals surface area contributed by atoms with Crippen LogP contribution in [0.25, 0.3) is 16.9 Å². The molecule has 0 atom stereocenters. The smallest absolute Gasteiger partial charge is 0.255 e. The fourth-order valence-electron chi connectivity index (χ4n) is 2.19. The zero-order valence-electron chi connectivity index (χ0n) is 11.5. The molecule has 0 radical (unpaired) electrons. The first-order valence-electron chi connectivity index (χ1n) is 6.53. The molecule has 0 aliphatic rings. The Morgan fingerprint density at radius 2 is 2.00 bits per heavy atom. The normalized spacial score (nSPS) is 10.5. The van der Waals surface area contributed by atoms with Crippen LogP contribution >= 0.6 is 0 Å². The lowest BCUT2D eigenvalue weighted by molar-refractivity contribution is 0.990. The average molecular weight is 278 g/mol. The third-order valence-electron chi connectivity index (χ3n) is 3.21. The maximum absolute atomic E-state index is 11.9. The number of aromatic nitrogens is 3. The first kappa shape index (κ1) is 13.1. The van der Waals surface area contributed by atoms with Crippen molar-refractivity contribution in [3.8, 4) is 16.9 Å². The number of nitrogens with zero attached hydrogens (tertiary/aromatic N) is 3. The van der Waals surface area contributed by atoms with Crippen LogP contribution in [0.15, 0.2) is 59.7 Å². The highest BCUT2D eigenvalue weighted by Crippen LogP contribution is 2.23. The van der Waals surface area contributed by atoms with Gasteiger partial charge in [-0.15, -0.1) is 0 Å². The maximum Gasteiger partial charge on any atom is 0.255 e. The predicted octanol–water partition coefficient (Wildman–Crippen LogP) is 2.19. The molecule has 5 heteroatoms. The van der Waals surface area contributed by atoms with Crippen molar-refractivity contribution in [1.29, 1.82) is 0 Å². The van der Waals surface area contributed by atoms with Gasteiger partial charge in [-0.3, -0.25) is 9.36 Å². The minimum atomic E-state index is -0.0754. The molecule has 5 nitrogen and oxygen atoms in total. The van der Waals surface area contributed by atoms with Crippen LogP contribution in [0.3, 0.4) is 0 Å². The van der Waals surface area contributed by atoms with Crippen LogP contribution in [0.5, 0.6) is 0 Å². The number of anilines is 1. The molecule has 0 unspecified atom stereocenters. The standard InChI is InChI=1S/C16H14N4O/c1-11-10-18-16(17)19-15(11)12-5-4-6-13(9-12)20-8-3-2-7-14(20)21/h2-10H,1H3,(H2,17,18,19). The largest absolute Gasteiger partial charge is 0.368 e. The topological polar surface area (TPSA) is 73.8 Å². The first-order chi connectivity index (χ1) is 10.1. The van der Waals surface area contributed by atoms with Crippen molar-refractivity contribution in [1.82, 2.24) is 14.5 Å². The molecule has 2 aromatic heterocycles. The first-order valence-corrected chi connectivity index (χ1v) is 6.53. The van der Waals surface area contributed by atoms with E-state index in [-0.39, 0.29) is 11.5 Å². The lowest BCUT2D eigenvalue weighted by Gasteiger charge is -2.09. The number of aryl methyl sites for hydroxylation is 1. The van der Waals surface area contributed by atoms with Gasteiger partial charge < -0.3 is 5.73 Å². The van der Waals surface area contributed by atoms with Gasteiger partial charge in [0.15, 0.2) is 0 Å². The monoisotopic (exact) mass is 278 g/mol. The second-order valence-corrected chi connectivity index (χ2v) is 4.72. The van der Waals surface area contributed by atoms with Gasteiger partial charge in [0.25, 0.3) is 5.56 Å². The van der Waals surface area contributed by atoms with Gasteiger partial charge in [-0.25, -0.2) is 9.97 Å². The van der Waals surface area contributed by atoms with Crippen LogP contribution in [0.1, 0.15) is 5.56 Å². The molecular weight excluding hydrogens is 264 g/mol. The van der Waals surface area contributed by atoms with Crippen molar-refractivity contribution in [3.63, 3.8) is 0 Å². The van der Waals surface area contributed by atoms with E-state index < -0.39 is 0 Å². The van der Waals surface area contributed by atoms with Crippen molar-refractivity contribution < 1.29 is 0 Å². The summed E-state index contributed by atoms with van der Waals surface area (Å²) in [5, 5.41) is 0. The van der Waals surface area contributed by atoms with Crippen LogP contribution in [-0.2, 0) is 0 Å². The molecule has 0 amide bonds. The van der Waals surface area contributed by atoms with E-state index in [2.05, 4.69) is 9.97 Å². The molecular formula is C16H14N4O. The fraction of sp³-hybridized carbons (Fsp3) is 0.0625. The minimum Gasteiger partial charge on any atom is -0.368 e. The van der Waals surface area contributed by atoms with Crippen LogP contribution in [-0.4, -0.2) is 14.5 Å². The summed E-state index contributed by atoms with van der Waals surface area (Å²) in [6.45, 7) is 1.93. The molecule has 0 saturated heterocycles. The fourth-order valence-corrected chi connectivity index (χ4v) is 2.19. The number of pyridine rings is 1. The Hall–Kier alpha value is -2.95. The SMILES string of the molecule is Cc1cnc(N)nc1-c1cccc(-n2ccccc2=O)c1. The van der Waals surface area contributed by atoms with Crippen molar-refractivity contribution in [2.75, 3.05) is 5.73 Å². The van der Waals surface area contributed by atoms with Gasteiger partial charge in [-0.05, 0) is 30.7 Å². The number of rotatable bonds is 2. The highest BCUT2D eigenvalue weighted by atomic mass is 16.1. The second-order valence-electron chi connectivity index (χ2n) is 4.72. The summed E-state index contributed by atoms with van der Waals surface area (Å²) in [5.41, 5.74) is 8.97. The van der Waals surface area contributed by atoms with Crippen LogP contribution in [0.4, 0.5) is 5.95 Å². The Morgan fingerprint density at radius 1 is 1.14 bits per heavy atom. The number of nitrogens with two attached hydrogens (primary N) is 1. The Bertz CT molecular complexity index is 855. The second kappa shape index (κ2) is 5.20. The van der Waals surface area contributed by atoms with E-state index >= 15 is 0 Å². The van der Waals surface area contributed by atoms with E-state index in [1.165, 1.54) is 6.07 Å². The zero-order valence-corrected chi connectivity index (χ0v) is 11.5.